The van der Waals surface area contributed by atoms with Gasteiger partial charge in [-0.1, -0.05) is 0 Å². The van der Waals surface area contributed by atoms with Gasteiger partial charge in [-0.2, -0.15) is 0 Å². The molecule has 1 aromatic rings. The van der Waals surface area contributed by atoms with Crippen molar-refractivity contribution < 1.29 is 8.42 Å². The number of aliphatic imine (C=N–C) groups is 1. The van der Waals surface area contributed by atoms with Crippen LogP contribution in [-0.2, 0) is 16.4 Å². The molecule has 138 valence electrons. The van der Waals surface area contributed by atoms with Crippen molar-refractivity contribution in [3.8, 4) is 0 Å². The van der Waals surface area contributed by atoms with E-state index in [1.165, 1.54) is 0 Å². The van der Waals surface area contributed by atoms with Crippen LogP contribution in [0.1, 0.15) is 32.0 Å². The zero-order valence-electron chi connectivity index (χ0n) is 14.4. The summed E-state index contributed by atoms with van der Waals surface area (Å²) in [6, 6.07) is -0.0219. The van der Waals surface area contributed by atoms with E-state index in [9.17, 15) is 8.42 Å². The molecular weight excluding hydrogens is 441 g/mol. The topological polar surface area (TPSA) is 88.4 Å². The highest BCUT2D eigenvalue weighted by Gasteiger charge is 2.28. The van der Waals surface area contributed by atoms with Crippen LogP contribution in [0.5, 0.6) is 0 Å². The lowest BCUT2D eigenvalue weighted by molar-refractivity contribution is 0.596. The molecule has 24 heavy (non-hydrogen) atoms. The van der Waals surface area contributed by atoms with Crippen molar-refractivity contribution in [3.63, 3.8) is 0 Å². The molecule has 2 rings (SSSR count). The van der Waals surface area contributed by atoms with E-state index in [4.69, 9.17) is 0 Å². The second kappa shape index (κ2) is 10.2. The van der Waals surface area contributed by atoms with Crippen LogP contribution < -0.4 is 10.6 Å². The molecule has 0 bridgehead atoms. The van der Waals surface area contributed by atoms with Crippen molar-refractivity contribution in [3.05, 3.63) is 18.2 Å². The molecule has 7 nitrogen and oxygen atoms in total. The molecule has 2 N–H and O–H groups in total. The van der Waals surface area contributed by atoms with Crippen molar-refractivity contribution in [2.45, 2.75) is 45.7 Å². The summed E-state index contributed by atoms with van der Waals surface area (Å²) in [5, 5.41) is 6.41. The summed E-state index contributed by atoms with van der Waals surface area (Å²) in [4.78, 5) is 8.74. The largest absolute Gasteiger partial charge is 0.357 e. The molecule has 1 aliphatic heterocycles. The molecule has 1 aliphatic rings. The van der Waals surface area contributed by atoms with Crippen LogP contribution in [-0.4, -0.2) is 54.6 Å². The summed E-state index contributed by atoms with van der Waals surface area (Å²) in [7, 11) is -2.87. The fourth-order valence-corrected chi connectivity index (χ4v) is 4.32. The molecule has 0 aliphatic carbocycles. The van der Waals surface area contributed by atoms with Crippen molar-refractivity contribution in [1.82, 2.24) is 20.2 Å². The smallest absolute Gasteiger partial charge is 0.191 e. The van der Waals surface area contributed by atoms with Crippen LogP contribution in [0, 0.1) is 6.92 Å². The number of hydrogen-bond acceptors (Lipinski definition) is 4. The second-order valence-corrected chi connectivity index (χ2v) is 8.11. The Balaban J connectivity index is 0.00000288. The average Bonchev–Trinajstić information content (AvgIpc) is 3.04. The first-order valence-corrected chi connectivity index (χ1v) is 10.1. The summed E-state index contributed by atoms with van der Waals surface area (Å²) in [6.45, 7) is 6.44. The Morgan fingerprint density at radius 1 is 1.46 bits per heavy atom. The lowest BCUT2D eigenvalue weighted by Crippen LogP contribution is -2.44. The molecule has 1 fully saturated rings. The van der Waals surface area contributed by atoms with E-state index in [-0.39, 0.29) is 41.5 Å². The zero-order chi connectivity index (χ0) is 16.7. The number of unbranched alkanes of at least 4 members (excludes halogenated alkanes) is 1. The van der Waals surface area contributed by atoms with Gasteiger partial charge in [0.15, 0.2) is 15.8 Å². The van der Waals surface area contributed by atoms with E-state index in [1.807, 2.05) is 26.2 Å². The Morgan fingerprint density at radius 3 is 2.83 bits per heavy atom. The van der Waals surface area contributed by atoms with Gasteiger partial charge in [-0.25, -0.2) is 13.4 Å². The Bertz CT molecular complexity index is 630. The zero-order valence-corrected chi connectivity index (χ0v) is 17.5. The molecule has 0 radical (unpaired) electrons. The quantitative estimate of drug-likeness (QED) is 0.272. The standard InChI is InChI=1S/C15H27N5O2S.HI/c1-3-16-15(19-14-6-11-23(21,22)12-14)18-7-4-5-9-20-10-8-17-13(20)2;/h8,10,14H,3-7,9,11-12H2,1-2H3,(H2,16,18,19);1H. The lowest BCUT2D eigenvalue weighted by atomic mass is 10.3. The second-order valence-electron chi connectivity index (χ2n) is 5.88. The van der Waals surface area contributed by atoms with E-state index in [2.05, 4.69) is 25.2 Å². The molecule has 0 aromatic carbocycles. The predicted molar refractivity (Wildman–Crippen MR) is 108 cm³/mol. The van der Waals surface area contributed by atoms with Gasteiger partial charge in [0.25, 0.3) is 0 Å². The van der Waals surface area contributed by atoms with Gasteiger partial charge in [0.05, 0.1) is 11.5 Å². The van der Waals surface area contributed by atoms with Crippen molar-refractivity contribution in [2.24, 2.45) is 4.99 Å². The number of hydrogen-bond donors (Lipinski definition) is 2. The molecule has 0 amide bonds. The minimum atomic E-state index is -2.87. The van der Waals surface area contributed by atoms with Crippen LogP contribution in [0.15, 0.2) is 17.4 Å². The Kier molecular flexibility index (Phi) is 9.03. The average molecular weight is 469 g/mol. The highest BCUT2D eigenvalue weighted by atomic mass is 127. The summed E-state index contributed by atoms with van der Waals surface area (Å²) in [5.74, 6) is 2.23. The fourth-order valence-electron chi connectivity index (χ4n) is 2.65. The summed E-state index contributed by atoms with van der Waals surface area (Å²) >= 11 is 0. The van der Waals surface area contributed by atoms with Crippen LogP contribution in [0.3, 0.4) is 0 Å². The van der Waals surface area contributed by atoms with Gasteiger partial charge in [-0.05, 0) is 33.1 Å². The number of rotatable bonds is 7. The molecule has 2 heterocycles. The van der Waals surface area contributed by atoms with Gasteiger partial charge in [0, 0.05) is 38.1 Å². The summed E-state index contributed by atoms with van der Waals surface area (Å²) in [6.07, 6.45) is 6.49. The van der Waals surface area contributed by atoms with E-state index in [0.29, 0.717) is 12.4 Å². The van der Waals surface area contributed by atoms with Gasteiger partial charge in [0.2, 0.25) is 0 Å². The number of nitrogens with one attached hydrogen (secondary N) is 2. The number of imidazole rings is 1. The van der Waals surface area contributed by atoms with Gasteiger partial charge in [-0.15, -0.1) is 24.0 Å². The molecule has 0 spiro atoms. The molecule has 1 aromatic heterocycles. The maximum Gasteiger partial charge on any atom is 0.191 e. The van der Waals surface area contributed by atoms with Crippen LogP contribution in [0.2, 0.25) is 0 Å². The normalized spacial score (nSPS) is 19.8. The molecule has 1 atom stereocenters. The third-order valence-corrected chi connectivity index (χ3v) is 5.69. The maximum absolute atomic E-state index is 11.5. The number of halogens is 1. The maximum atomic E-state index is 11.5. The van der Waals surface area contributed by atoms with E-state index in [0.717, 1.165) is 38.3 Å². The van der Waals surface area contributed by atoms with Crippen LogP contribution in [0.25, 0.3) is 0 Å². The molecule has 0 saturated carbocycles. The molecule has 1 saturated heterocycles. The first-order valence-electron chi connectivity index (χ1n) is 8.23. The fraction of sp³-hybridized carbons (Fsp3) is 0.733. The number of aryl methyl sites for hydroxylation is 2. The Morgan fingerprint density at radius 2 is 2.25 bits per heavy atom. The van der Waals surface area contributed by atoms with Crippen molar-refractivity contribution in [2.75, 3.05) is 24.6 Å². The monoisotopic (exact) mass is 469 g/mol. The molecule has 1 unspecified atom stereocenters. The number of guanidine groups is 1. The first-order chi connectivity index (χ1) is 11.0. The van der Waals surface area contributed by atoms with Gasteiger partial charge < -0.3 is 15.2 Å². The third-order valence-electron chi connectivity index (χ3n) is 3.92. The predicted octanol–water partition coefficient (Wildman–Crippen LogP) is 1.33. The SMILES string of the molecule is CCNC(=NCCCCn1ccnc1C)NC1CCS(=O)(=O)C1.I. The van der Waals surface area contributed by atoms with Gasteiger partial charge in [0.1, 0.15) is 5.82 Å². The highest BCUT2D eigenvalue weighted by Crippen LogP contribution is 2.11. The summed E-state index contributed by atoms with van der Waals surface area (Å²) < 4.78 is 25.2. The van der Waals surface area contributed by atoms with E-state index < -0.39 is 9.84 Å². The third kappa shape index (κ3) is 6.96. The Labute approximate surface area is 161 Å². The van der Waals surface area contributed by atoms with Crippen molar-refractivity contribution >= 4 is 39.8 Å². The van der Waals surface area contributed by atoms with Crippen LogP contribution >= 0.6 is 24.0 Å². The van der Waals surface area contributed by atoms with E-state index in [1.54, 1.807) is 0 Å². The lowest BCUT2D eigenvalue weighted by Gasteiger charge is -2.15. The summed E-state index contributed by atoms with van der Waals surface area (Å²) in [5.41, 5.74) is 0. The van der Waals surface area contributed by atoms with E-state index >= 15 is 0 Å². The highest BCUT2D eigenvalue weighted by molar-refractivity contribution is 14.0. The molecular formula is C15H28IN5O2S. The van der Waals surface area contributed by atoms with Crippen molar-refractivity contribution in [1.29, 1.82) is 0 Å². The minimum absolute atomic E-state index is 0. The minimum Gasteiger partial charge on any atom is -0.357 e. The number of sulfone groups is 1. The number of nitrogens with zero attached hydrogens (tertiary/aromatic N) is 3. The van der Waals surface area contributed by atoms with Gasteiger partial charge >= 0.3 is 0 Å². The first kappa shape index (κ1) is 21.2. The Hall–Kier alpha value is -0.840. The van der Waals surface area contributed by atoms with Crippen LogP contribution in [0.4, 0.5) is 0 Å². The van der Waals surface area contributed by atoms with Gasteiger partial charge in [-0.3, -0.25) is 4.99 Å². The number of aromatic nitrogens is 2. The molecule has 9 heteroatoms.